The Morgan fingerprint density at radius 1 is 1.26 bits per heavy atom. The summed E-state index contributed by atoms with van der Waals surface area (Å²) >= 11 is 6.17. The van der Waals surface area contributed by atoms with Crippen molar-refractivity contribution in [1.82, 2.24) is 0 Å². The predicted octanol–water partition coefficient (Wildman–Crippen LogP) is 3.83. The number of hydrogen-bond acceptors (Lipinski definition) is 4. The summed E-state index contributed by atoms with van der Waals surface area (Å²) in [5, 5.41) is 13.9. The van der Waals surface area contributed by atoms with Crippen molar-refractivity contribution in [3.05, 3.63) is 63.2 Å². The molecule has 0 radical (unpaired) electrons. The van der Waals surface area contributed by atoms with Gasteiger partial charge < -0.3 is 10.1 Å². The van der Waals surface area contributed by atoms with Crippen molar-refractivity contribution in [2.45, 2.75) is 12.8 Å². The maximum absolute atomic E-state index is 12.0. The fourth-order valence-corrected chi connectivity index (χ4v) is 2.40. The Morgan fingerprint density at radius 3 is 2.70 bits per heavy atom. The summed E-state index contributed by atoms with van der Waals surface area (Å²) in [5.74, 6) is 0.224. The summed E-state index contributed by atoms with van der Waals surface area (Å²) < 4.78 is 5.12. The van der Waals surface area contributed by atoms with Gasteiger partial charge >= 0.3 is 0 Å². The molecule has 0 spiro atoms. The van der Waals surface area contributed by atoms with Gasteiger partial charge in [0.05, 0.1) is 17.1 Å². The van der Waals surface area contributed by atoms with Crippen molar-refractivity contribution in [2.75, 3.05) is 12.4 Å². The molecule has 0 aliphatic carbocycles. The Hall–Kier alpha value is -2.60. The molecule has 23 heavy (non-hydrogen) atoms. The smallest absolute Gasteiger partial charge is 0.292 e. The molecule has 0 saturated heterocycles. The van der Waals surface area contributed by atoms with E-state index in [9.17, 15) is 14.9 Å². The van der Waals surface area contributed by atoms with Crippen LogP contribution in [0.1, 0.15) is 12.0 Å². The molecule has 2 aromatic carbocycles. The van der Waals surface area contributed by atoms with Crippen molar-refractivity contribution in [3.8, 4) is 5.75 Å². The zero-order valence-corrected chi connectivity index (χ0v) is 13.2. The average Bonchev–Trinajstić information content (AvgIpc) is 2.54. The van der Waals surface area contributed by atoms with Gasteiger partial charge in [0.2, 0.25) is 5.91 Å². The third-order valence-electron chi connectivity index (χ3n) is 3.26. The molecular formula is C16H15ClN2O4. The molecule has 0 unspecified atom stereocenters. The quantitative estimate of drug-likeness (QED) is 0.643. The molecule has 7 heteroatoms. The van der Waals surface area contributed by atoms with Crippen LogP contribution in [0.4, 0.5) is 11.4 Å². The number of nitro groups is 1. The number of rotatable bonds is 6. The lowest BCUT2D eigenvalue weighted by atomic mass is 10.1. The first-order chi connectivity index (χ1) is 11.0. The van der Waals surface area contributed by atoms with Crippen molar-refractivity contribution in [2.24, 2.45) is 0 Å². The van der Waals surface area contributed by atoms with Gasteiger partial charge in [-0.3, -0.25) is 14.9 Å². The number of nitro benzene ring substituents is 1. The Morgan fingerprint density at radius 2 is 2.00 bits per heavy atom. The number of para-hydroxylation sites is 2. The minimum absolute atomic E-state index is 0.139. The van der Waals surface area contributed by atoms with Crippen LogP contribution >= 0.6 is 11.6 Å². The summed E-state index contributed by atoms with van der Waals surface area (Å²) in [7, 11) is 1.52. The third-order valence-corrected chi connectivity index (χ3v) is 3.69. The Labute approximate surface area is 138 Å². The van der Waals surface area contributed by atoms with Gasteiger partial charge in [0.1, 0.15) is 11.4 Å². The topological polar surface area (TPSA) is 81.5 Å². The standard InChI is InChI=1S/C16H15ClN2O4/c1-23-14-8-4-5-11(16(14)17)9-10-15(20)18-12-6-2-3-7-13(12)19(21)22/h2-8H,9-10H2,1H3,(H,18,20). The largest absolute Gasteiger partial charge is 0.495 e. The van der Waals surface area contributed by atoms with E-state index in [1.807, 2.05) is 6.07 Å². The highest BCUT2D eigenvalue weighted by atomic mass is 35.5. The third kappa shape index (κ3) is 4.20. The Bertz CT molecular complexity index is 734. The number of hydrogen-bond donors (Lipinski definition) is 1. The minimum Gasteiger partial charge on any atom is -0.495 e. The summed E-state index contributed by atoms with van der Waals surface area (Å²) in [5.41, 5.74) is 0.822. The second-order valence-corrected chi connectivity index (χ2v) is 5.13. The molecule has 0 aromatic heterocycles. The fourth-order valence-electron chi connectivity index (χ4n) is 2.11. The zero-order chi connectivity index (χ0) is 16.8. The predicted molar refractivity (Wildman–Crippen MR) is 88.1 cm³/mol. The van der Waals surface area contributed by atoms with E-state index in [4.69, 9.17) is 16.3 Å². The lowest BCUT2D eigenvalue weighted by Crippen LogP contribution is -2.13. The molecule has 1 amide bonds. The van der Waals surface area contributed by atoms with Gasteiger partial charge in [-0.2, -0.15) is 0 Å². The van der Waals surface area contributed by atoms with Crippen molar-refractivity contribution >= 4 is 28.9 Å². The second kappa shape index (κ2) is 7.60. The summed E-state index contributed by atoms with van der Waals surface area (Å²) in [6, 6.07) is 11.3. The normalized spacial score (nSPS) is 10.2. The van der Waals surface area contributed by atoms with Crippen LogP contribution in [0.3, 0.4) is 0 Å². The molecule has 0 aliphatic heterocycles. The number of nitrogens with zero attached hydrogens (tertiary/aromatic N) is 1. The number of benzene rings is 2. The van der Waals surface area contributed by atoms with Crippen LogP contribution in [0.25, 0.3) is 0 Å². The van der Waals surface area contributed by atoms with E-state index in [2.05, 4.69) is 5.32 Å². The van der Waals surface area contributed by atoms with Crippen LogP contribution in [-0.2, 0) is 11.2 Å². The summed E-state index contributed by atoms with van der Waals surface area (Å²) in [6.07, 6.45) is 0.557. The number of methoxy groups -OCH3 is 1. The summed E-state index contributed by atoms with van der Waals surface area (Å²) in [4.78, 5) is 22.4. The lowest BCUT2D eigenvalue weighted by Gasteiger charge is -2.09. The molecule has 0 bridgehead atoms. The fraction of sp³-hybridized carbons (Fsp3) is 0.188. The van der Waals surface area contributed by atoms with Gasteiger partial charge in [0.25, 0.3) is 5.69 Å². The Balaban J connectivity index is 2.03. The van der Waals surface area contributed by atoms with E-state index in [-0.39, 0.29) is 23.7 Å². The van der Waals surface area contributed by atoms with Crippen LogP contribution in [0.2, 0.25) is 5.02 Å². The van der Waals surface area contributed by atoms with Crippen LogP contribution in [0, 0.1) is 10.1 Å². The molecule has 0 atom stereocenters. The maximum atomic E-state index is 12.0. The van der Waals surface area contributed by atoms with E-state index in [1.165, 1.54) is 19.2 Å². The number of ether oxygens (including phenoxy) is 1. The van der Waals surface area contributed by atoms with Gasteiger partial charge in [0, 0.05) is 12.5 Å². The molecule has 0 saturated carbocycles. The summed E-state index contributed by atoms with van der Waals surface area (Å²) in [6.45, 7) is 0. The van der Waals surface area contributed by atoms with Gasteiger partial charge in [-0.05, 0) is 24.1 Å². The molecule has 0 fully saturated rings. The van der Waals surface area contributed by atoms with E-state index in [1.54, 1.807) is 24.3 Å². The number of halogens is 1. The molecule has 120 valence electrons. The lowest BCUT2D eigenvalue weighted by molar-refractivity contribution is -0.383. The first kappa shape index (κ1) is 16.8. The number of carbonyl (C=O) groups excluding carboxylic acids is 1. The van der Waals surface area contributed by atoms with Gasteiger partial charge in [-0.1, -0.05) is 35.9 Å². The molecule has 2 rings (SSSR count). The Kier molecular flexibility index (Phi) is 5.54. The monoisotopic (exact) mass is 334 g/mol. The first-order valence-corrected chi connectivity index (χ1v) is 7.25. The second-order valence-electron chi connectivity index (χ2n) is 4.76. The van der Waals surface area contributed by atoms with Crippen LogP contribution in [0.5, 0.6) is 5.75 Å². The number of carbonyl (C=O) groups is 1. The molecular weight excluding hydrogens is 320 g/mol. The highest BCUT2D eigenvalue weighted by molar-refractivity contribution is 6.32. The zero-order valence-electron chi connectivity index (χ0n) is 12.4. The van der Waals surface area contributed by atoms with Gasteiger partial charge in [-0.15, -0.1) is 0 Å². The average molecular weight is 335 g/mol. The number of aryl methyl sites for hydroxylation is 1. The first-order valence-electron chi connectivity index (χ1n) is 6.87. The van der Waals surface area contributed by atoms with E-state index in [0.29, 0.717) is 17.2 Å². The van der Waals surface area contributed by atoms with E-state index in [0.717, 1.165) is 5.56 Å². The molecule has 0 heterocycles. The van der Waals surface area contributed by atoms with Crippen molar-refractivity contribution < 1.29 is 14.5 Å². The molecule has 1 N–H and O–H groups in total. The van der Waals surface area contributed by atoms with Crippen LogP contribution in [0.15, 0.2) is 42.5 Å². The number of anilines is 1. The van der Waals surface area contributed by atoms with E-state index < -0.39 is 4.92 Å². The molecule has 2 aromatic rings. The van der Waals surface area contributed by atoms with Crippen LogP contribution in [-0.4, -0.2) is 17.9 Å². The van der Waals surface area contributed by atoms with Gasteiger partial charge in [-0.25, -0.2) is 0 Å². The minimum atomic E-state index is -0.533. The van der Waals surface area contributed by atoms with Crippen molar-refractivity contribution in [1.29, 1.82) is 0 Å². The maximum Gasteiger partial charge on any atom is 0.292 e. The molecule has 0 aliphatic rings. The highest BCUT2D eigenvalue weighted by Crippen LogP contribution is 2.29. The number of amides is 1. The SMILES string of the molecule is COc1cccc(CCC(=O)Nc2ccccc2[N+](=O)[O-])c1Cl. The number of nitrogens with one attached hydrogen (secondary N) is 1. The van der Waals surface area contributed by atoms with E-state index >= 15 is 0 Å². The molecule has 6 nitrogen and oxygen atoms in total. The highest BCUT2D eigenvalue weighted by Gasteiger charge is 2.15. The van der Waals surface area contributed by atoms with Crippen LogP contribution < -0.4 is 10.1 Å². The van der Waals surface area contributed by atoms with Crippen molar-refractivity contribution in [3.63, 3.8) is 0 Å². The van der Waals surface area contributed by atoms with Gasteiger partial charge in [0.15, 0.2) is 0 Å².